The summed E-state index contributed by atoms with van der Waals surface area (Å²) in [6.45, 7) is 5.10. The summed E-state index contributed by atoms with van der Waals surface area (Å²) < 4.78 is 17.1. The number of halogens is 1. The second-order valence-electron chi connectivity index (χ2n) is 6.45. The zero-order valence-corrected chi connectivity index (χ0v) is 16.4. The minimum Gasteiger partial charge on any atom is -0.488 e. The Morgan fingerprint density at radius 1 is 1.32 bits per heavy atom. The summed E-state index contributed by atoms with van der Waals surface area (Å²) in [4.78, 5) is 27.5. The molecule has 0 amide bonds. The first kappa shape index (κ1) is 19.7. The summed E-state index contributed by atoms with van der Waals surface area (Å²) in [5.74, 6) is -0.0898. The Morgan fingerprint density at radius 2 is 2.08 bits per heavy atom. The van der Waals surface area contributed by atoms with E-state index in [1.165, 1.54) is 6.92 Å². The molecule has 1 aliphatic carbocycles. The number of esters is 2. The zero-order chi connectivity index (χ0) is 18.4. The number of rotatable bonds is 6. The van der Waals surface area contributed by atoms with E-state index in [4.69, 9.17) is 14.2 Å². The predicted molar refractivity (Wildman–Crippen MR) is 95.0 cm³/mol. The largest absolute Gasteiger partial charge is 0.488 e. The van der Waals surface area contributed by atoms with E-state index in [1.807, 2.05) is 13.8 Å². The average molecular weight is 414 g/mol. The Morgan fingerprint density at radius 3 is 2.76 bits per heavy atom. The molecule has 0 spiro atoms. The number of pyridine rings is 1. The molecule has 138 valence electrons. The molecule has 1 saturated carbocycles. The minimum atomic E-state index is -0.373. The van der Waals surface area contributed by atoms with Gasteiger partial charge in [0.2, 0.25) is 0 Å². The van der Waals surface area contributed by atoms with Gasteiger partial charge in [-0.2, -0.15) is 0 Å². The van der Waals surface area contributed by atoms with Crippen LogP contribution in [0.15, 0.2) is 16.7 Å². The molecule has 0 N–H and O–H groups in total. The van der Waals surface area contributed by atoms with E-state index in [-0.39, 0.29) is 36.7 Å². The summed E-state index contributed by atoms with van der Waals surface area (Å²) in [6, 6.07) is 3.58. The molecule has 0 aromatic carbocycles. The quantitative estimate of drug-likeness (QED) is 0.521. The van der Waals surface area contributed by atoms with Gasteiger partial charge in [-0.25, -0.2) is 4.98 Å². The van der Waals surface area contributed by atoms with Crippen LogP contribution in [-0.4, -0.2) is 29.1 Å². The second-order valence-corrected chi connectivity index (χ2v) is 7.26. The second kappa shape index (κ2) is 9.17. The number of hydrogen-bond acceptors (Lipinski definition) is 6. The topological polar surface area (TPSA) is 74.7 Å². The van der Waals surface area contributed by atoms with Crippen molar-refractivity contribution in [2.75, 3.05) is 0 Å². The molecule has 1 aromatic heterocycles. The molecule has 0 radical (unpaired) electrons. The van der Waals surface area contributed by atoms with Crippen LogP contribution in [0, 0.1) is 5.92 Å². The molecule has 25 heavy (non-hydrogen) atoms. The molecule has 1 aliphatic rings. The van der Waals surface area contributed by atoms with Gasteiger partial charge in [0.25, 0.3) is 0 Å². The van der Waals surface area contributed by atoms with Crippen LogP contribution >= 0.6 is 15.9 Å². The van der Waals surface area contributed by atoms with Crippen molar-refractivity contribution in [3.8, 4) is 5.75 Å². The minimum absolute atomic E-state index is 0.0512. The van der Waals surface area contributed by atoms with Gasteiger partial charge in [-0.05, 0) is 67.6 Å². The van der Waals surface area contributed by atoms with Gasteiger partial charge < -0.3 is 14.2 Å². The van der Waals surface area contributed by atoms with Crippen molar-refractivity contribution in [3.63, 3.8) is 0 Å². The fraction of sp³-hybridized carbons (Fsp3) is 0.611. The lowest BCUT2D eigenvalue weighted by Crippen LogP contribution is -2.32. The molecular formula is C18H24BrNO5. The van der Waals surface area contributed by atoms with E-state index in [1.54, 1.807) is 12.1 Å². The first-order valence-electron chi connectivity index (χ1n) is 8.51. The van der Waals surface area contributed by atoms with Crippen LogP contribution in [0.4, 0.5) is 0 Å². The fourth-order valence-electron chi connectivity index (χ4n) is 2.82. The lowest BCUT2D eigenvalue weighted by molar-refractivity contribution is -0.154. The maximum Gasteiger partial charge on any atom is 0.309 e. The van der Waals surface area contributed by atoms with Crippen molar-refractivity contribution in [2.24, 2.45) is 5.92 Å². The Hall–Kier alpha value is -1.63. The summed E-state index contributed by atoms with van der Waals surface area (Å²) in [5, 5.41) is 0. The number of nitrogens with zero attached hydrogens (tertiary/aromatic N) is 1. The van der Waals surface area contributed by atoms with Gasteiger partial charge in [-0.3, -0.25) is 9.59 Å². The summed E-state index contributed by atoms with van der Waals surface area (Å²) in [6.07, 6.45) is 3.02. The number of carbonyl (C=O) groups is 2. The van der Waals surface area contributed by atoms with Gasteiger partial charge in [0.15, 0.2) is 0 Å². The first-order chi connectivity index (χ1) is 11.8. The monoisotopic (exact) mass is 413 g/mol. The SMILES string of the molecule is CC(=O)OCc1nc(Br)ccc1O[C@@H]1CCC[C@@H](C(=O)OC(C)C)C1. The van der Waals surface area contributed by atoms with Crippen molar-refractivity contribution in [3.05, 3.63) is 22.4 Å². The third-order valence-corrected chi connectivity index (χ3v) is 4.36. The van der Waals surface area contributed by atoms with Crippen LogP contribution in [-0.2, 0) is 25.7 Å². The molecule has 0 saturated heterocycles. The van der Waals surface area contributed by atoms with Crippen molar-refractivity contribution >= 4 is 27.9 Å². The molecule has 1 heterocycles. The highest BCUT2D eigenvalue weighted by Crippen LogP contribution is 2.30. The van der Waals surface area contributed by atoms with Crippen LogP contribution in [0.3, 0.4) is 0 Å². The molecular weight excluding hydrogens is 390 g/mol. The van der Waals surface area contributed by atoms with Crippen LogP contribution in [0.2, 0.25) is 0 Å². The Kier molecular flexibility index (Phi) is 7.23. The van der Waals surface area contributed by atoms with E-state index in [0.717, 1.165) is 19.3 Å². The predicted octanol–water partition coefficient (Wildman–Crippen LogP) is 3.80. The molecule has 2 rings (SSSR count). The maximum absolute atomic E-state index is 12.1. The molecule has 0 aliphatic heterocycles. The van der Waals surface area contributed by atoms with Crippen LogP contribution < -0.4 is 4.74 Å². The van der Waals surface area contributed by atoms with Crippen LogP contribution in [0.5, 0.6) is 5.75 Å². The summed E-state index contributed by atoms with van der Waals surface area (Å²) in [5.41, 5.74) is 0.552. The Labute approximate surface area is 156 Å². The van der Waals surface area contributed by atoms with Crippen molar-refractivity contribution < 1.29 is 23.8 Å². The molecule has 0 unspecified atom stereocenters. The number of hydrogen-bond donors (Lipinski definition) is 0. The molecule has 6 nitrogen and oxygen atoms in total. The van der Waals surface area contributed by atoms with Crippen molar-refractivity contribution in [1.82, 2.24) is 4.98 Å². The number of ether oxygens (including phenoxy) is 3. The van der Waals surface area contributed by atoms with Gasteiger partial charge in [0.05, 0.1) is 18.1 Å². The third kappa shape index (κ3) is 6.30. The summed E-state index contributed by atoms with van der Waals surface area (Å²) >= 11 is 3.31. The van der Waals surface area contributed by atoms with Gasteiger partial charge in [-0.15, -0.1) is 0 Å². The fourth-order valence-corrected chi connectivity index (χ4v) is 3.16. The molecule has 7 heteroatoms. The van der Waals surface area contributed by atoms with Gasteiger partial charge in [-0.1, -0.05) is 0 Å². The van der Waals surface area contributed by atoms with E-state index in [9.17, 15) is 9.59 Å². The lowest BCUT2D eigenvalue weighted by Gasteiger charge is -2.29. The lowest BCUT2D eigenvalue weighted by atomic mass is 9.87. The van der Waals surface area contributed by atoms with Crippen molar-refractivity contribution in [1.29, 1.82) is 0 Å². The third-order valence-electron chi connectivity index (χ3n) is 3.92. The smallest absolute Gasteiger partial charge is 0.309 e. The molecule has 2 atom stereocenters. The van der Waals surface area contributed by atoms with E-state index < -0.39 is 0 Å². The Bertz CT molecular complexity index is 619. The normalized spacial score (nSPS) is 20.2. The highest BCUT2D eigenvalue weighted by molar-refractivity contribution is 9.10. The Balaban J connectivity index is 2.03. The van der Waals surface area contributed by atoms with Crippen molar-refractivity contribution in [2.45, 2.75) is 65.3 Å². The van der Waals surface area contributed by atoms with Crippen LogP contribution in [0.1, 0.15) is 52.1 Å². The number of carbonyl (C=O) groups excluding carboxylic acids is 2. The summed E-state index contributed by atoms with van der Waals surface area (Å²) in [7, 11) is 0. The highest BCUT2D eigenvalue weighted by Gasteiger charge is 2.30. The van der Waals surface area contributed by atoms with Gasteiger partial charge >= 0.3 is 11.9 Å². The van der Waals surface area contributed by atoms with E-state index in [0.29, 0.717) is 22.5 Å². The van der Waals surface area contributed by atoms with Gasteiger partial charge in [0, 0.05) is 6.92 Å². The average Bonchev–Trinajstić information content (AvgIpc) is 2.54. The number of aromatic nitrogens is 1. The molecule has 1 fully saturated rings. The highest BCUT2D eigenvalue weighted by atomic mass is 79.9. The van der Waals surface area contributed by atoms with Crippen LogP contribution in [0.25, 0.3) is 0 Å². The maximum atomic E-state index is 12.1. The van der Waals surface area contributed by atoms with E-state index >= 15 is 0 Å². The standard InChI is InChI=1S/C18H24BrNO5/c1-11(2)24-18(22)13-5-4-6-14(9-13)25-16-7-8-17(19)20-15(16)10-23-12(3)21/h7-8,11,13-14H,4-6,9-10H2,1-3H3/t13-,14-/m1/s1. The molecule has 0 bridgehead atoms. The molecule has 1 aromatic rings. The van der Waals surface area contributed by atoms with E-state index in [2.05, 4.69) is 20.9 Å². The van der Waals surface area contributed by atoms with Gasteiger partial charge in [0.1, 0.15) is 22.7 Å². The zero-order valence-electron chi connectivity index (χ0n) is 14.8. The first-order valence-corrected chi connectivity index (χ1v) is 9.30.